The zero-order valence-electron chi connectivity index (χ0n) is 23.5. The van der Waals surface area contributed by atoms with Gasteiger partial charge in [0.2, 0.25) is 5.91 Å². The standard InChI is InChI=1S/C28H46N4O8/c1-2-38-27(34)24(17-16-22-12-5-3-6-13-22)30-23(14-7-8-18-29)26(33)31-19-11-15-25(31)28(35)39-20-9-4-10-21-40-32(36)37/h3,5-6,12-13,23-25,30,36-37H,2,4,7-11,14-21,29H2,1H3. The maximum Gasteiger partial charge on any atom is 0.328 e. The zero-order chi connectivity index (χ0) is 29.2. The van der Waals surface area contributed by atoms with E-state index in [1.807, 2.05) is 30.3 Å². The molecule has 0 spiro atoms. The van der Waals surface area contributed by atoms with Crippen LogP contribution in [0.5, 0.6) is 0 Å². The van der Waals surface area contributed by atoms with Gasteiger partial charge >= 0.3 is 11.9 Å². The van der Waals surface area contributed by atoms with Gasteiger partial charge in [0.1, 0.15) is 12.1 Å². The summed E-state index contributed by atoms with van der Waals surface area (Å²) >= 11 is 0. The van der Waals surface area contributed by atoms with Crippen molar-refractivity contribution >= 4 is 17.8 Å². The van der Waals surface area contributed by atoms with Crippen LogP contribution >= 0.6 is 0 Å². The lowest BCUT2D eigenvalue weighted by Crippen LogP contribution is -2.54. The van der Waals surface area contributed by atoms with Gasteiger partial charge in [-0.3, -0.25) is 30.2 Å². The highest BCUT2D eigenvalue weighted by Crippen LogP contribution is 2.22. The van der Waals surface area contributed by atoms with Crippen LogP contribution in [0.25, 0.3) is 0 Å². The van der Waals surface area contributed by atoms with E-state index in [4.69, 9.17) is 25.6 Å². The monoisotopic (exact) mass is 566 g/mol. The van der Waals surface area contributed by atoms with Crippen LogP contribution in [0.4, 0.5) is 0 Å². The topological polar surface area (TPSA) is 164 Å². The lowest BCUT2D eigenvalue weighted by atomic mass is 10.0. The number of esters is 2. The van der Waals surface area contributed by atoms with Gasteiger partial charge < -0.3 is 20.1 Å². The Morgan fingerprint density at radius 3 is 2.48 bits per heavy atom. The number of ether oxygens (including phenoxy) is 2. The average molecular weight is 567 g/mol. The summed E-state index contributed by atoms with van der Waals surface area (Å²) in [6, 6.07) is 7.82. The van der Waals surface area contributed by atoms with Crippen molar-refractivity contribution in [2.75, 3.05) is 32.9 Å². The molecular weight excluding hydrogens is 520 g/mol. The summed E-state index contributed by atoms with van der Waals surface area (Å²) in [6.07, 6.45) is 6.05. The molecule has 0 aromatic heterocycles. The highest BCUT2D eigenvalue weighted by Gasteiger charge is 2.39. The number of nitrogens with zero attached hydrogens (tertiary/aromatic N) is 2. The van der Waals surface area contributed by atoms with Crippen molar-refractivity contribution in [1.82, 2.24) is 15.6 Å². The molecule has 1 aromatic rings. The summed E-state index contributed by atoms with van der Waals surface area (Å²) in [5.74, 6) is -1.06. The number of hydrogen-bond acceptors (Lipinski definition) is 11. The van der Waals surface area contributed by atoms with Gasteiger partial charge in [0.15, 0.2) is 0 Å². The largest absolute Gasteiger partial charge is 0.465 e. The Hall–Kier alpha value is -2.61. The molecule has 3 atom stereocenters. The second kappa shape index (κ2) is 19.5. The third kappa shape index (κ3) is 12.3. The molecule has 0 radical (unpaired) electrons. The Bertz CT molecular complexity index is 873. The second-order valence-electron chi connectivity index (χ2n) is 9.84. The fraction of sp³-hybridized carbons (Fsp3) is 0.679. The Morgan fingerprint density at radius 2 is 1.77 bits per heavy atom. The third-order valence-electron chi connectivity index (χ3n) is 6.83. The quantitative estimate of drug-likeness (QED) is 0.104. The van der Waals surface area contributed by atoms with E-state index >= 15 is 0 Å². The molecule has 1 aromatic carbocycles. The molecule has 0 aliphatic carbocycles. The Morgan fingerprint density at radius 1 is 1.02 bits per heavy atom. The van der Waals surface area contributed by atoms with Crippen molar-refractivity contribution in [3.05, 3.63) is 35.9 Å². The molecule has 3 unspecified atom stereocenters. The van der Waals surface area contributed by atoms with Crippen LogP contribution in [-0.4, -0.2) is 89.6 Å². The highest BCUT2D eigenvalue weighted by atomic mass is 17.1. The fourth-order valence-electron chi connectivity index (χ4n) is 4.75. The van der Waals surface area contributed by atoms with Gasteiger partial charge in [0.05, 0.1) is 31.3 Å². The smallest absolute Gasteiger partial charge is 0.328 e. The fourth-order valence-corrected chi connectivity index (χ4v) is 4.75. The number of likely N-dealkylation sites (tertiary alicyclic amines) is 1. The first-order valence-corrected chi connectivity index (χ1v) is 14.3. The average Bonchev–Trinajstić information content (AvgIpc) is 3.44. The molecular formula is C28H46N4O8. The van der Waals surface area contributed by atoms with Crippen LogP contribution in [0.15, 0.2) is 30.3 Å². The first kappa shape index (κ1) is 33.6. The number of nitrogens with one attached hydrogen (secondary N) is 1. The molecule has 2 rings (SSSR count). The van der Waals surface area contributed by atoms with Crippen LogP contribution in [0.3, 0.4) is 0 Å². The number of amides is 1. The number of benzene rings is 1. The molecule has 0 saturated carbocycles. The number of carbonyl (C=O) groups excluding carboxylic acids is 3. The van der Waals surface area contributed by atoms with E-state index in [0.29, 0.717) is 70.9 Å². The van der Waals surface area contributed by atoms with Crippen LogP contribution in [0, 0.1) is 0 Å². The van der Waals surface area contributed by atoms with Gasteiger partial charge in [-0.05, 0) is 76.8 Å². The lowest BCUT2D eigenvalue weighted by Gasteiger charge is -2.30. The minimum atomic E-state index is -0.673. The number of hydrogen-bond donors (Lipinski definition) is 4. The zero-order valence-corrected chi connectivity index (χ0v) is 23.5. The number of rotatable bonds is 20. The summed E-state index contributed by atoms with van der Waals surface area (Å²) in [5, 5.41) is 20.0. The first-order chi connectivity index (χ1) is 19.4. The molecule has 12 nitrogen and oxygen atoms in total. The van der Waals surface area contributed by atoms with Crippen LogP contribution < -0.4 is 11.1 Å². The van der Waals surface area contributed by atoms with E-state index in [1.54, 1.807) is 11.8 Å². The Balaban J connectivity index is 2.01. The molecule has 12 heteroatoms. The van der Waals surface area contributed by atoms with Gasteiger partial charge in [-0.1, -0.05) is 36.8 Å². The lowest BCUT2D eigenvalue weighted by molar-refractivity contribution is -0.492. The van der Waals surface area contributed by atoms with Gasteiger partial charge in [-0.25, -0.2) is 4.79 Å². The molecule has 226 valence electrons. The SMILES string of the molecule is CCOC(=O)C(CCc1ccccc1)NC(CCCCN)C(=O)N1CCCC1C(=O)OCCCCCON(O)O. The van der Waals surface area contributed by atoms with E-state index in [-0.39, 0.29) is 31.1 Å². The maximum atomic E-state index is 13.8. The Kier molecular flexibility index (Phi) is 16.3. The van der Waals surface area contributed by atoms with Gasteiger partial charge in [-0.15, -0.1) is 0 Å². The predicted molar refractivity (Wildman–Crippen MR) is 146 cm³/mol. The minimum Gasteiger partial charge on any atom is -0.465 e. The summed E-state index contributed by atoms with van der Waals surface area (Å²) < 4.78 is 10.8. The molecule has 1 heterocycles. The van der Waals surface area contributed by atoms with Gasteiger partial charge in [0, 0.05) is 6.54 Å². The van der Waals surface area contributed by atoms with Gasteiger partial charge in [0.25, 0.3) is 0 Å². The van der Waals surface area contributed by atoms with Crippen molar-refractivity contribution in [3.8, 4) is 0 Å². The summed E-state index contributed by atoms with van der Waals surface area (Å²) in [6.45, 7) is 3.26. The van der Waals surface area contributed by atoms with Gasteiger partial charge in [-0.2, -0.15) is 0 Å². The van der Waals surface area contributed by atoms with E-state index in [1.165, 1.54) is 0 Å². The summed E-state index contributed by atoms with van der Waals surface area (Å²) in [7, 11) is 0. The first-order valence-electron chi connectivity index (χ1n) is 14.3. The van der Waals surface area contributed by atoms with E-state index in [0.717, 1.165) is 12.0 Å². The van der Waals surface area contributed by atoms with Crippen molar-refractivity contribution in [2.45, 2.75) is 89.3 Å². The number of nitrogens with two attached hydrogens (primary N) is 1. The van der Waals surface area contributed by atoms with Crippen LogP contribution in [0.2, 0.25) is 0 Å². The molecule has 1 saturated heterocycles. The molecule has 1 amide bonds. The number of carbonyl (C=O) groups is 3. The van der Waals surface area contributed by atoms with Crippen molar-refractivity contribution in [3.63, 3.8) is 0 Å². The summed E-state index contributed by atoms with van der Waals surface area (Å²) in [5.41, 5.74) is 6.78. The molecule has 5 N–H and O–H groups in total. The maximum absolute atomic E-state index is 13.8. The van der Waals surface area contributed by atoms with Crippen LogP contribution in [0.1, 0.15) is 70.3 Å². The second-order valence-corrected chi connectivity index (χ2v) is 9.84. The number of unbranched alkanes of at least 4 members (excludes halogenated alkanes) is 3. The van der Waals surface area contributed by atoms with Crippen molar-refractivity contribution in [2.24, 2.45) is 5.73 Å². The van der Waals surface area contributed by atoms with Crippen LogP contribution in [-0.2, 0) is 35.1 Å². The third-order valence-corrected chi connectivity index (χ3v) is 6.83. The molecule has 1 fully saturated rings. The molecule has 0 bridgehead atoms. The minimum absolute atomic E-state index is 0.128. The van der Waals surface area contributed by atoms with E-state index in [2.05, 4.69) is 10.2 Å². The Labute approximate surface area is 236 Å². The van der Waals surface area contributed by atoms with Crippen molar-refractivity contribution < 1.29 is 39.1 Å². The molecule has 40 heavy (non-hydrogen) atoms. The normalized spacial score (nSPS) is 16.6. The van der Waals surface area contributed by atoms with Crippen molar-refractivity contribution in [1.29, 1.82) is 0 Å². The summed E-state index contributed by atoms with van der Waals surface area (Å²) in [4.78, 5) is 45.6. The molecule has 1 aliphatic rings. The predicted octanol–water partition coefficient (Wildman–Crippen LogP) is 2.35. The van der Waals surface area contributed by atoms with E-state index < -0.39 is 30.1 Å². The number of aryl methyl sites for hydroxylation is 1. The van der Waals surface area contributed by atoms with E-state index in [9.17, 15) is 14.4 Å². The highest BCUT2D eigenvalue weighted by molar-refractivity contribution is 5.89. The molecule has 1 aliphatic heterocycles.